The zero-order valence-electron chi connectivity index (χ0n) is 8.34. The average Bonchev–Trinajstić information content (AvgIpc) is 2.62. The molecule has 0 saturated carbocycles. The fourth-order valence-corrected chi connectivity index (χ4v) is 2.78. The molecule has 0 fully saturated rings. The minimum Gasteiger partial charge on any atom is -0.256 e. The molecule has 0 bridgehead atoms. The number of thiol groups is 1. The Bertz CT molecular complexity index is 425. The van der Waals surface area contributed by atoms with E-state index in [0.29, 0.717) is 0 Å². The molecule has 0 aliphatic heterocycles. The maximum atomic E-state index is 4.40. The second kappa shape index (κ2) is 4.28. The van der Waals surface area contributed by atoms with Gasteiger partial charge in [0, 0.05) is 5.39 Å². The highest BCUT2D eigenvalue weighted by Gasteiger charge is 2.02. The molecule has 0 aliphatic carbocycles. The lowest BCUT2D eigenvalue weighted by Gasteiger charge is -2.12. The summed E-state index contributed by atoms with van der Waals surface area (Å²) in [6, 6.07) is 8.36. The van der Waals surface area contributed by atoms with Crippen molar-refractivity contribution >= 4 is 31.6 Å². The summed E-state index contributed by atoms with van der Waals surface area (Å²) in [6.45, 7) is 0. The van der Waals surface area contributed by atoms with Gasteiger partial charge in [0.15, 0.2) is 0 Å². The topological polar surface area (TPSA) is 17.8 Å². The zero-order valence-corrected chi connectivity index (χ0v) is 10.1. The van der Waals surface area contributed by atoms with Gasteiger partial charge < -0.3 is 0 Å². The molecule has 0 saturated heterocycles. The van der Waals surface area contributed by atoms with E-state index in [2.05, 4.69) is 46.6 Å². The Kier molecular flexibility index (Phi) is 3.03. The van der Waals surface area contributed by atoms with Crippen LogP contribution in [0.5, 0.6) is 0 Å². The van der Waals surface area contributed by atoms with Crippen LogP contribution < -0.4 is 0 Å². The Labute approximate surface area is 90.4 Å². The summed E-state index contributed by atoms with van der Waals surface area (Å²) >= 11 is 0. The first-order valence-corrected chi connectivity index (χ1v) is 8.27. The lowest BCUT2D eigenvalue weighted by Crippen LogP contribution is -1.98. The summed E-state index contributed by atoms with van der Waals surface area (Å²) < 4.78 is 2.11. The number of benzene rings is 1. The Balaban J connectivity index is 2.33. The summed E-state index contributed by atoms with van der Waals surface area (Å²) in [5.74, 6) is 1.05. The van der Waals surface area contributed by atoms with Crippen molar-refractivity contribution < 1.29 is 0 Å². The van der Waals surface area contributed by atoms with Crippen LogP contribution in [0.1, 0.15) is 0 Å². The van der Waals surface area contributed by atoms with Crippen molar-refractivity contribution in [1.29, 1.82) is 0 Å². The number of fused-ring (bicyclic) bond motifs is 1. The molecular formula is C10H14N2S2. The summed E-state index contributed by atoms with van der Waals surface area (Å²) in [7, 11) is 1.95. The van der Waals surface area contributed by atoms with Gasteiger partial charge in [0.1, 0.15) is 0 Å². The van der Waals surface area contributed by atoms with Gasteiger partial charge in [-0.25, -0.2) is 0 Å². The molecule has 2 nitrogen and oxygen atoms in total. The minimum atomic E-state index is 0.0150. The van der Waals surface area contributed by atoms with Crippen LogP contribution in [-0.4, -0.2) is 22.3 Å². The molecule has 4 heteroatoms. The maximum Gasteiger partial charge on any atom is 0.0773 e. The largest absolute Gasteiger partial charge is 0.256 e. The fraction of sp³-hybridized carbons (Fsp3) is 0.300. The first-order chi connectivity index (χ1) is 6.81. The average molecular weight is 226 g/mol. The highest BCUT2D eigenvalue weighted by Crippen LogP contribution is 2.36. The quantitative estimate of drug-likeness (QED) is 0.640. The third kappa shape index (κ3) is 1.91. The monoisotopic (exact) mass is 226 g/mol. The normalized spacial score (nSPS) is 14.6. The fourth-order valence-electron chi connectivity index (χ4n) is 1.38. The number of para-hydroxylation sites is 1. The Morgan fingerprint density at radius 1 is 1.43 bits per heavy atom. The van der Waals surface area contributed by atoms with Gasteiger partial charge in [0.25, 0.3) is 0 Å². The Morgan fingerprint density at radius 2 is 2.21 bits per heavy atom. The molecule has 0 spiro atoms. The van der Waals surface area contributed by atoms with Crippen molar-refractivity contribution in [2.75, 3.05) is 12.5 Å². The predicted octanol–water partition coefficient (Wildman–Crippen LogP) is 2.90. The van der Waals surface area contributed by atoms with E-state index in [0.717, 1.165) is 5.88 Å². The number of hydrogen-bond acceptors (Lipinski definition) is 2. The van der Waals surface area contributed by atoms with Gasteiger partial charge in [0.2, 0.25) is 0 Å². The van der Waals surface area contributed by atoms with Crippen molar-refractivity contribution in [3.8, 4) is 0 Å². The number of rotatable bonds is 3. The van der Waals surface area contributed by atoms with Gasteiger partial charge in [-0.15, -0.1) is 10.8 Å². The standard InChI is InChI=1S/C10H14N2S2/c1-13-14(2)8-12-10-6-4-3-5-9(10)7-11-12/h3-7,14H,8H2,1-2H3. The second-order valence-electron chi connectivity index (χ2n) is 3.15. The number of hydrogen-bond donors (Lipinski definition) is 1. The first-order valence-electron chi connectivity index (χ1n) is 4.47. The Hall–Kier alpha value is -0.610. The lowest BCUT2D eigenvalue weighted by molar-refractivity contribution is 0.780. The molecule has 2 aromatic rings. The van der Waals surface area contributed by atoms with Crippen molar-refractivity contribution in [2.24, 2.45) is 0 Å². The van der Waals surface area contributed by atoms with Crippen LogP contribution >= 0.6 is 20.7 Å². The van der Waals surface area contributed by atoms with Gasteiger partial charge in [0.05, 0.1) is 17.6 Å². The van der Waals surface area contributed by atoms with E-state index >= 15 is 0 Å². The molecule has 0 aliphatic rings. The van der Waals surface area contributed by atoms with Crippen LogP contribution in [0.25, 0.3) is 10.9 Å². The molecule has 1 aromatic heterocycles. The van der Waals surface area contributed by atoms with E-state index in [-0.39, 0.29) is 9.93 Å². The number of aromatic nitrogens is 2. The van der Waals surface area contributed by atoms with Gasteiger partial charge >= 0.3 is 0 Å². The van der Waals surface area contributed by atoms with Gasteiger partial charge in [-0.05, 0) is 18.6 Å². The van der Waals surface area contributed by atoms with Crippen LogP contribution in [0.3, 0.4) is 0 Å². The zero-order chi connectivity index (χ0) is 9.97. The highest BCUT2D eigenvalue weighted by molar-refractivity contribution is 8.84. The van der Waals surface area contributed by atoms with Crippen LogP contribution in [0, 0.1) is 0 Å². The van der Waals surface area contributed by atoms with Crippen LogP contribution in [-0.2, 0) is 5.88 Å². The highest BCUT2D eigenvalue weighted by atomic mass is 33.1. The molecule has 76 valence electrons. The third-order valence-electron chi connectivity index (χ3n) is 2.20. The smallest absolute Gasteiger partial charge is 0.0773 e. The third-order valence-corrected chi connectivity index (χ3v) is 5.70. The molecule has 0 radical (unpaired) electrons. The first kappa shape index (κ1) is 9.93. The van der Waals surface area contributed by atoms with E-state index in [1.807, 2.05) is 17.0 Å². The summed E-state index contributed by atoms with van der Waals surface area (Å²) in [5, 5.41) is 5.64. The minimum absolute atomic E-state index is 0.0150. The van der Waals surface area contributed by atoms with Gasteiger partial charge in [-0.2, -0.15) is 15.0 Å². The molecule has 1 aromatic carbocycles. The van der Waals surface area contributed by atoms with Crippen molar-refractivity contribution in [1.82, 2.24) is 9.78 Å². The maximum absolute atomic E-state index is 4.40. The molecule has 14 heavy (non-hydrogen) atoms. The molecule has 2 rings (SSSR count). The van der Waals surface area contributed by atoms with E-state index in [1.165, 1.54) is 10.9 Å². The van der Waals surface area contributed by atoms with Gasteiger partial charge in [-0.1, -0.05) is 18.2 Å². The SMILES string of the molecule is CS[SH](C)Cn1ncc2ccccc21. The molecule has 0 amide bonds. The van der Waals surface area contributed by atoms with Gasteiger partial charge in [-0.3, -0.25) is 4.68 Å². The van der Waals surface area contributed by atoms with E-state index < -0.39 is 0 Å². The molecule has 1 atom stereocenters. The molecule has 1 unspecified atom stereocenters. The number of nitrogens with zero attached hydrogens (tertiary/aromatic N) is 2. The summed E-state index contributed by atoms with van der Waals surface area (Å²) in [6.07, 6.45) is 6.40. The van der Waals surface area contributed by atoms with Crippen molar-refractivity contribution in [2.45, 2.75) is 5.88 Å². The van der Waals surface area contributed by atoms with Crippen LogP contribution in [0.15, 0.2) is 30.5 Å². The van der Waals surface area contributed by atoms with Crippen molar-refractivity contribution in [3.63, 3.8) is 0 Å². The van der Waals surface area contributed by atoms with E-state index in [1.54, 1.807) is 0 Å². The molecular weight excluding hydrogens is 212 g/mol. The lowest BCUT2D eigenvalue weighted by atomic mass is 10.3. The van der Waals surface area contributed by atoms with Crippen molar-refractivity contribution in [3.05, 3.63) is 30.5 Å². The van der Waals surface area contributed by atoms with E-state index in [4.69, 9.17) is 0 Å². The predicted molar refractivity (Wildman–Crippen MR) is 68.2 cm³/mol. The van der Waals surface area contributed by atoms with Crippen LogP contribution in [0.4, 0.5) is 0 Å². The summed E-state index contributed by atoms with van der Waals surface area (Å²) in [4.78, 5) is 0. The Morgan fingerprint density at radius 3 is 3.00 bits per heavy atom. The molecule has 1 heterocycles. The second-order valence-corrected chi connectivity index (χ2v) is 8.02. The van der Waals surface area contributed by atoms with E-state index in [9.17, 15) is 0 Å². The summed E-state index contributed by atoms with van der Waals surface area (Å²) in [5.41, 5.74) is 1.25. The van der Waals surface area contributed by atoms with Crippen LogP contribution in [0.2, 0.25) is 0 Å². The molecule has 0 N–H and O–H groups in total.